The van der Waals surface area contributed by atoms with Gasteiger partial charge in [0.15, 0.2) is 0 Å². The van der Waals surface area contributed by atoms with Gasteiger partial charge >= 0.3 is 0 Å². The van der Waals surface area contributed by atoms with Gasteiger partial charge in [0.1, 0.15) is 0 Å². The average molecular weight is 233 g/mol. The predicted octanol–water partition coefficient (Wildman–Crippen LogP) is 3.12. The Bertz CT molecular complexity index is 199. The Balaban J connectivity index is 2.28. The molecule has 0 aromatic carbocycles. The highest BCUT2D eigenvalue weighted by atomic mass is 79.9. The monoisotopic (exact) mass is 232 g/mol. The molecule has 70 valence electrons. The minimum Gasteiger partial charge on any atom is -0.369 e. The molecule has 0 N–H and O–H groups in total. The topological polar surface area (TPSA) is 9.23 Å². The van der Waals surface area contributed by atoms with Gasteiger partial charge in [0.2, 0.25) is 0 Å². The van der Waals surface area contributed by atoms with Crippen LogP contribution in [0.1, 0.15) is 40.0 Å². The number of hydrogen-bond acceptors (Lipinski definition) is 1. The van der Waals surface area contributed by atoms with E-state index in [2.05, 4.69) is 36.7 Å². The molecule has 2 bridgehead atoms. The van der Waals surface area contributed by atoms with Crippen molar-refractivity contribution in [2.75, 3.05) is 0 Å². The van der Waals surface area contributed by atoms with Crippen LogP contribution in [0, 0.1) is 5.92 Å². The lowest BCUT2D eigenvalue weighted by Gasteiger charge is -2.56. The number of halogens is 1. The van der Waals surface area contributed by atoms with E-state index in [9.17, 15) is 0 Å². The second-order valence-electron chi connectivity index (χ2n) is 5.02. The Hall–Kier alpha value is 0.440. The van der Waals surface area contributed by atoms with E-state index in [1.807, 2.05) is 0 Å². The lowest BCUT2D eigenvalue weighted by molar-refractivity contribution is -0.225. The summed E-state index contributed by atoms with van der Waals surface area (Å²) < 4.78 is 6.10. The molecule has 3 fully saturated rings. The van der Waals surface area contributed by atoms with Crippen molar-refractivity contribution in [3.63, 3.8) is 0 Å². The van der Waals surface area contributed by atoms with Gasteiger partial charge in [0, 0.05) is 10.7 Å². The lowest BCUT2D eigenvalue weighted by atomic mass is 9.69. The fourth-order valence-corrected chi connectivity index (χ4v) is 4.47. The summed E-state index contributed by atoms with van der Waals surface area (Å²) in [5.74, 6) is 0.708. The van der Waals surface area contributed by atoms with Crippen molar-refractivity contribution < 1.29 is 4.74 Å². The lowest BCUT2D eigenvalue weighted by Crippen LogP contribution is -2.58. The predicted molar refractivity (Wildman–Crippen MR) is 53.6 cm³/mol. The quantitative estimate of drug-likeness (QED) is 0.584. The first-order valence-electron chi connectivity index (χ1n) is 4.77. The van der Waals surface area contributed by atoms with Crippen LogP contribution in [0.25, 0.3) is 0 Å². The van der Waals surface area contributed by atoms with E-state index in [4.69, 9.17) is 4.74 Å². The number of rotatable bonds is 0. The summed E-state index contributed by atoms with van der Waals surface area (Å²) in [5, 5.41) is 0. The maximum absolute atomic E-state index is 6.10. The molecule has 1 nitrogen and oxygen atoms in total. The fraction of sp³-hybridized carbons (Fsp3) is 1.00. The zero-order valence-corrected chi connectivity index (χ0v) is 9.65. The molecule has 0 aromatic rings. The SMILES string of the molecule is CC1(C)O[C@@]2(C)CC[C@@H]1[C@H](Br)C2. The Morgan fingerprint density at radius 1 is 1.33 bits per heavy atom. The summed E-state index contributed by atoms with van der Waals surface area (Å²) in [4.78, 5) is 0.667. The van der Waals surface area contributed by atoms with Crippen LogP contribution < -0.4 is 0 Å². The minimum absolute atomic E-state index is 0.0828. The number of alkyl halides is 1. The first-order valence-corrected chi connectivity index (χ1v) is 5.69. The van der Waals surface area contributed by atoms with Crippen molar-refractivity contribution in [2.24, 2.45) is 5.92 Å². The van der Waals surface area contributed by atoms with E-state index < -0.39 is 0 Å². The summed E-state index contributed by atoms with van der Waals surface area (Å²) in [7, 11) is 0. The van der Waals surface area contributed by atoms with Gasteiger partial charge < -0.3 is 4.74 Å². The second-order valence-corrected chi connectivity index (χ2v) is 6.20. The van der Waals surface area contributed by atoms with E-state index in [1.165, 1.54) is 19.3 Å². The van der Waals surface area contributed by atoms with Gasteiger partial charge in [-0.15, -0.1) is 0 Å². The van der Waals surface area contributed by atoms with Crippen LogP contribution in [0.4, 0.5) is 0 Å². The molecule has 0 unspecified atom stereocenters. The van der Waals surface area contributed by atoms with Gasteiger partial charge in [0.05, 0.1) is 11.2 Å². The van der Waals surface area contributed by atoms with Crippen LogP contribution in [0.2, 0.25) is 0 Å². The molecule has 1 aliphatic carbocycles. The molecule has 0 spiro atoms. The van der Waals surface area contributed by atoms with Gasteiger partial charge in [-0.25, -0.2) is 0 Å². The zero-order valence-electron chi connectivity index (χ0n) is 8.06. The van der Waals surface area contributed by atoms with E-state index in [0.29, 0.717) is 10.7 Å². The average Bonchev–Trinajstić information content (AvgIpc) is 1.80. The molecule has 2 aliphatic heterocycles. The van der Waals surface area contributed by atoms with Gasteiger partial charge in [-0.1, -0.05) is 15.9 Å². The molecule has 0 aromatic heterocycles. The van der Waals surface area contributed by atoms with E-state index in [0.717, 1.165) is 0 Å². The molecule has 2 saturated heterocycles. The van der Waals surface area contributed by atoms with Crippen molar-refractivity contribution in [1.82, 2.24) is 0 Å². The molecular weight excluding hydrogens is 216 g/mol. The van der Waals surface area contributed by atoms with Crippen molar-refractivity contribution in [3.05, 3.63) is 0 Å². The minimum atomic E-state index is 0.0828. The summed E-state index contributed by atoms with van der Waals surface area (Å²) in [6, 6.07) is 0. The highest BCUT2D eigenvalue weighted by molar-refractivity contribution is 9.09. The van der Waals surface area contributed by atoms with Crippen LogP contribution in [0.5, 0.6) is 0 Å². The van der Waals surface area contributed by atoms with Crippen molar-refractivity contribution in [1.29, 1.82) is 0 Å². The highest BCUT2D eigenvalue weighted by Crippen LogP contribution is 2.51. The Labute approximate surface area is 83.0 Å². The largest absolute Gasteiger partial charge is 0.369 e. The molecule has 2 heteroatoms. The first kappa shape index (κ1) is 9.01. The number of ether oxygens (including phenoxy) is 1. The fourth-order valence-electron chi connectivity index (χ4n) is 2.89. The molecule has 0 radical (unpaired) electrons. The summed E-state index contributed by atoms with van der Waals surface area (Å²) in [6.45, 7) is 6.70. The van der Waals surface area contributed by atoms with Gasteiger partial charge in [0.25, 0.3) is 0 Å². The maximum Gasteiger partial charge on any atom is 0.0672 e. The molecular formula is C10H17BrO. The van der Waals surface area contributed by atoms with Gasteiger partial charge in [-0.05, 0) is 40.0 Å². The Kier molecular flexibility index (Phi) is 1.86. The number of hydrogen-bond donors (Lipinski definition) is 0. The highest BCUT2D eigenvalue weighted by Gasteiger charge is 2.52. The van der Waals surface area contributed by atoms with Crippen LogP contribution >= 0.6 is 15.9 Å². The Morgan fingerprint density at radius 2 is 2.00 bits per heavy atom. The van der Waals surface area contributed by atoms with Crippen molar-refractivity contribution in [3.8, 4) is 0 Å². The normalized spacial score (nSPS) is 51.0. The Morgan fingerprint density at radius 3 is 2.42 bits per heavy atom. The molecule has 3 atom stereocenters. The third-order valence-corrected chi connectivity index (χ3v) is 4.41. The van der Waals surface area contributed by atoms with Gasteiger partial charge in [-0.3, -0.25) is 0 Å². The smallest absolute Gasteiger partial charge is 0.0672 e. The van der Waals surface area contributed by atoms with Crippen LogP contribution in [0.3, 0.4) is 0 Å². The third-order valence-electron chi connectivity index (χ3n) is 3.45. The summed E-state index contributed by atoms with van der Waals surface area (Å²) in [5.41, 5.74) is 0.228. The zero-order chi connectivity index (χ0) is 8.98. The van der Waals surface area contributed by atoms with Crippen molar-refractivity contribution in [2.45, 2.75) is 56.1 Å². The van der Waals surface area contributed by atoms with E-state index in [1.54, 1.807) is 0 Å². The molecule has 3 rings (SSSR count). The summed E-state index contributed by atoms with van der Waals surface area (Å²) in [6.07, 6.45) is 3.74. The van der Waals surface area contributed by atoms with Gasteiger partial charge in [-0.2, -0.15) is 0 Å². The van der Waals surface area contributed by atoms with E-state index in [-0.39, 0.29) is 11.2 Å². The van der Waals surface area contributed by atoms with Crippen LogP contribution in [0.15, 0.2) is 0 Å². The molecule has 1 saturated carbocycles. The van der Waals surface area contributed by atoms with Crippen LogP contribution in [-0.4, -0.2) is 16.0 Å². The van der Waals surface area contributed by atoms with E-state index >= 15 is 0 Å². The molecule has 0 amide bonds. The van der Waals surface area contributed by atoms with Crippen LogP contribution in [-0.2, 0) is 4.74 Å². The molecule has 2 heterocycles. The standard InChI is InChI=1S/C10H17BrO/c1-9(2)7-4-5-10(3,12-9)6-8(7)11/h7-8H,4-6H2,1-3H3/t7-,8-,10+/m1/s1. The van der Waals surface area contributed by atoms with Crippen molar-refractivity contribution >= 4 is 15.9 Å². The summed E-state index contributed by atoms with van der Waals surface area (Å²) >= 11 is 3.78. The molecule has 3 aliphatic rings. The number of fused-ring (bicyclic) bond motifs is 3. The maximum atomic E-state index is 6.10. The second kappa shape index (κ2) is 2.48. The molecule has 12 heavy (non-hydrogen) atoms. The first-order chi connectivity index (χ1) is 5.43. The third kappa shape index (κ3) is 1.24.